The minimum absolute atomic E-state index is 0.0126. The van der Waals surface area contributed by atoms with Gasteiger partial charge in [0, 0.05) is 56.1 Å². The van der Waals surface area contributed by atoms with Gasteiger partial charge in [0.1, 0.15) is 24.7 Å². The zero-order valence-corrected chi connectivity index (χ0v) is 76.9. The summed E-state index contributed by atoms with van der Waals surface area (Å²) in [7, 11) is 0. The first-order valence-corrected chi connectivity index (χ1v) is 48.0. The highest BCUT2D eigenvalue weighted by molar-refractivity contribution is 5.90. The lowest BCUT2D eigenvalue weighted by atomic mass is 9.69. The summed E-state index contributed by atoms with van der Waals surface area (Å²) in [6.07, 6.45) is 39.0. The number of benzene rings is 12. The van der Waals surface area contributed by atoms with Crippen LogP contribution in [0.25, 0.3) is 67.8 Å². The fraction of sp³-hybridized carbons (Fsp3) is 0.367. The standard InChI is InChI=1S/C120H140N2O2/c1-13-19-23-27-31-41-77-119(78-42-32-28-24-20-14-2)110-81-95(61-73-105(110)107-75-63-97(83-112(107)119)109-85-116(124-88-92-55-51-90(18-6)52-56-92)114(118(10,11)12)86-115(109)123-87-91-53-49-89(17-5)50-54-91)93-57-65-101(66-58-93)121(99-45-37-35-38-46-99)103-69-71-104(72-70-103)122(100-47-39-36-40-48-100)102-67-59-94(60-68-102)96-62-74-106-108-76-64-98(117(7,8)9)84-113(108)120(111(106)82-96,79-43-33-29-25-21-15-3)80-44-34-30-26-22-16-4/h17-18,35-40,45-76,81-86H,5-6,13-16,19-34,41-44,77-80,87-88H2,1-4,7-12H3. The van der Waals surface area contributed by atoms with Crippen molar-refractivity contribution in [1.82, 2.24) is 0 Å². The first kappa shape index (κ1) is 89.6. The molecular weight excluding hydrogens is 1500 g/mol. The van der Waals surface area contributed by atoms with Crippen LogP contribution in [0, 0.1) is 0 Å². The van der Waals surface area contributed by atoms with Gasteiger partial charge in [-0.2, -0.15) is 0 Å². The molecule has 4 heteroatoms. The van der Waals surface area contributed by atoms with Crippen molar-refractivity contribution in [3.8, 4) is 67.1 Å². The molecule has 0 fully saturated rings. The van der Waals surface area contributed by atoms with Crippen LogP contribution in [0.5, 0.6) is 11.5 Å². The molecule has 12 aromatic rings. The lowest BCUT2D eigenvalue weighted by Gasteiger charge is -2.34. The monoisotopic (exact) mass is 1640 g/mol. The molecule has 642 valence electrons. The van der Waals surface area contributed by atoms with Gasteiger partial charge in [-0.3, -0.25) is 0 Å². The Balaban J connectivity index is 0.790. The second-order valence-electron chi connectivity index (χ2n) is 38.0. The van der Waals surface area contributed by atoms with Gasteiger partial charge in [-0.15, -0.1) is 0 Å². The highest BCUT2D eigenvalue weighted by atomic mass is 16.5. The number of ether oxygens (including phenoxy) is 2. The van der Waals surface area contributed by atoms with Gasteiger partial charge in [0.25, 0.3) is 0 Å². The van der Waals surface area contributed by atoms with E-state index in [0.717, 1.165) is 97.4 Å². The van der Waals surface area contributed by atoms with Gasteiger partial charge in [-0.25, -0.2) is 0 Å². The quantitative estimate of drug-likeness (QED) is 0.0355. The predicted octanol–water partition coefficient (Wildman–Crippen LogP) is 36.2. The average Bonchev–Trinajstić information content (AvgIpc) is 1.56. The first-order valence-electron chi connectivity index (χ1n) is 48.0. The SMILES string of the molecule is C=Cc1ccc(COc2cc(C(C)(C)C)c(OCc3ccc(C=C)cc3)cc2-c2ccc3c(c2)C(CCCCCCCC)(CCCCCCCC)c2cc(-c4ccc(N(c5ccccc5)c5ccc(N(c6ccccc6)c6ccc(-c7ccc8c(c7)C(CCCCCCCC)(CCCCCCCC)c7cc(C(C)(C)C)ccc7-8)cc6)cc5)cc4)ccc2-3)cc1. The number of para-hydroxylation sites is 2. The minimum atomic E-state index is -0.242. The van der Waals surface area contributed by atoms with E-state index in [0.29, 0.717) is 13.2 Å². The highest BCUT2D eigenvalue weighted by Gasteiger charge is 2.45. The van der Waals surface area contributed by atoms with E-state index in [2.05, 4.69) is 359 Å². The van der Waals surface area contributed by atoms with Gasteiger partial charge in [0.2, 0.25) is 0 Å². The molecule has 4 nitrogen and oxygen atoms in total. The molecule has 0 radical (unpaired) electrons. The topological polar surface area (TPSA) is 24.9 Å². The third-order valence-corrected chi connectivity index (χ3v) is 27.1. The van der Waals surface area contributed by atoms with Gasteiger partial charge >= 0.3 is 0 Å². The molecule has 0 N–H and O–H groups in total. The zero-order chi connectivity index (χ0) is 86.5. The Labute approximate surface area is 747 Å². The van der Waals surface area contributed by atoms with Crippen LogP contribution < -0.4 is 19.3 Å². The van der Waals surface area contributed by atoms with Crippen LogP contribution in [0.2, 0.25) is 0 Å². The van der Waals surface area contributed by atoms with Crippen molar-refractivity contribution >= 4 is 46.3 Å². The summed E-state index contributed by atoms with van der Waals surface area (Å²) in [6.45, 7) is 32.3. The normalized spacial score (nSPS) is 13.0. The van der Waals surface area contributed by atoms with Crippen molar-refractivity contribution in [3.05, 3.63) is 336 Å². The Morgan fingerprint density at radius 3 is 0.935 bits per heavy atom. The Morgan fingerprint density at radius 2 is 0.581 bits per heavy atom. The highest BCUT2D eigenvalue weighted by Crippen LogP contribution is 2.59. The number of fused-ring (bicyclic) bond motifs is 6. The van der Waals surface area contributed by atoms with Gasteiger partial charge in [-0.05, 0) is 240 Å². The number of hydrogen-bond donors (Lipinski definition) is 0. The summed E-state index contributed by atoms with van der Waals surface area (Å²) in [5.41, 5.74) is 32.1. The zero-order valence-electron chi connectivity index (χ0n) is 76.9. The molecule has 12 aromatic carbocycles. The summed E-state index contributed by atoms with van der Waals surface area (Å²) in [6, 6.07) is 102. The fourth-order valence-corrected chi connectivity index (χ4v) is 20.0. The second kappa shape index (κ2) is 42.3. The lowest BCUT2D eigenvalue weighted by Crippen LogP contribution is -2.26. The Bertz CT molecular complexity index is 5390. The summed E-state index contributed by atoms with van der Waals surface area (Å²) in [5, 5.41) is 0. The molecule has 0 atom stereocenters. The van der Waals surface area contributed by atoms with E-state index in [-0.39, 0.29) is 21.7 Å². The van der Waals surface area contributed by atoms with Gasteiger partial charge in [0.05, 0.1) is 0 Å². The number of hydrogen-bond acceptors (Lipinski definition) is 4. The molecule has 2 aliphatic carbocycles. The van der Waals surface area contributed by atoms with Crippen LogP contribution in [0.1, 0.15) is 305 Å². The van der Waals surface area contributed by atoms with Crippen LogP contribution in [-0.4, -0.2) is 0 Å². The van der Waals surface area contributed by atoms with Gasteiger partial charge < -0.3 is 19.3 Å². The third-order valence-electron chi connectivity index (χ3n) is 27.1. The smallest absolute Gasteiger partial charge is 0.128 e. The van der Waals surface area contributed by atoms with Crippen molar-refractivity contribution in [2.75, 3.05) is 9.80 Å². The van der Waals surface area contributed by atoms with E-state index < -0.39 is 0 Å². The molecule has 14 rings (SSSR count). The van der Waals surface area contributed by atoms with Gasteiger partial charge in [0.15, 0.2) is 0 Å². The number of rotatable bonds is 45. The molecule has 0 saturated carbocycles. The van der Waals surface area contributed by atoms with Crippen molar-refractivity contribution in [2.24, 2.45) is 0 Å². The van der Waals surface area contributed by atoms with E-state index in [9.17, 15) is 0 Å². The maximum absolute atomic E-state index is 7.14. The molecule has 124 heavy (non-hydrogen) atoms. The lowest BCUT2D eigenvalue weighted by molar-refractivity contribution is 0.290. The molecule has 0 saturated heterocycles. The largest absolute Gasteiger partial charge is 0.489 e. The second-order valence-corrected chi connectivity index (χ2v) is 38.0. The molecule has 0 unspecified atom stereocenters. The van der Waals surface area contributed by atoms with Crippen molar-refractivity contribution in [1.29, 1.82) is 0 Å². The van der Waals surface area contributed by atoms with Crippen LogP contribution in [0.3, 0.4) is 0 Å². The average molecular weight is 1640 g/mol. The van der Waals surface area contributed by atoms with E-state index in [1.165, 1.54) is 228 Å². The van der Waals surface area contributed by atoms with E-state index in [1.54, 1.807) is 11.1 Å². The van der Waals surface area contributed by atoms with Crippen LogP contribution in [0.4, 0.5) is 34.1 Å². The van der Waals surface area contributed by atoms with Crippen molar-refractivity contribution < 1.29 is 9.47 Å². The molecule has 0 aromatic heterocycles. The summed E-state index contributed by atoms with van der Waals surface area (Å²) in [4.78, 5) is 4.83. The number of unbranched alkanes of at least 4 members (excludes halogenated alkanes) is 20. The first-order chi connectivity index (χ1) is 60.5. The molecule has 2 aliphatic rings. The van der Waals surface area contributed by atoms with Crippen LogP contribution >= 0.6 is 0 Å². The van der Waals surface area contributed by atoms with Gasteiger partial charge in [-0.1, -0.05) is 412 Å². The summed E-state index contributed by atoms with van der Waals surface area (Å²) < 4.78 is 14.2. The maximum atomic E-state index is 7.14. The molecule has 0 spiro atoms. The Hall–Kier alpha value is -10.7. The number of nitrogens with zero attached hydrogens (tertiary/aromatic N) is 2. The summed E-state index contributed by atoms with van der Waals surface area (Å²) in [5.74, 6) is 1.74. The van der Waals surface area contributed by atoms with Crippen LogP contribution in [0.15, 0.2) is 280 Å². The van der Waals surface area contributed by atoms with Crippen LogP contribution in [-0.2, 0) is 34.9 Å². The third kappa shape index (κ3) is 21.1. The Kier molecular flexibility index (Phi) is 30.6. The molecule has 0 bridgehead atoms. The summed E-state index contributed by atoms with van der Waals surface area (Å²) >= 11 is 0. The molecule has 0 aliphatic heterocycles. The van der Waals surface area contributed by atoms with Crippen molar-refractivity contribution in [3.63, 3.8) is 0 Å². The van der Waals surface area contributed by atoms with Crippen molar-refractivity contribution in [2.45, 2.75) is 284 Å². The maximum Gasteiger partial charge on any atom is 0.128 e. The van der Waals surface area contributed by atoms with E-state index >= 15 is 0 Å². The van der Waals surface area contributed by atoms with E-state index in [4.69, 9.17) is 9.47 Å². The molecular formula is C120H140N2O2. The Morgan fingerprint density at radius 1 is 0.274 bits per heavy atom. The fourth-order valence-electron chi connectivity index (χ4n) is 20.0. The predicted molar refractivity (Wildman–Crippen MR) is 536 cm³/mol. The van der Waals surface area contributed by atoms with E-state index in [1.807, 2.05) is 12.2 Å². The number of anilines is 6. The molecule has 0 amide bonds. The molecule has 0 heterocycles. The minimum Gasteiger partial charge on any atom is -0.489 e.